The number of nitrogens with zero attached hydrogens (tertiary/aromatic N) is 2. The minimum absolute atomic E-state index is 0. The third-order valence-electron chi connectivity index (χ3n) is 5.49. The molecule has 2 aliphatic heterocycles. The number of sulfonamides is 1. The van der Waals surface area contributed by atoms with E-state index in [9.17, 15) is 13.2 Å². The number of hydrogen-bond acceptors (Lipinski definition) is 4. The summed E-state index contributed by atoms with van der Waals surface area (Å²) in [6.45, 7) is 5.87. The molecule has 0 saturated carbocycles. The molecule has 2 atom stereocenters. The van der Waals surface area contributed by atoms with Gasteiger partial charge in [-0.25, -0.2) is 8.42 Å². The van der Waals surface area contributed by atoms with Gasteiger partial charge in [0.2, 0.25) is 15.9 Å². The van der Waals surface area contributed by atoms with Crippen LogP contribution in [0.25, 0.3) is 0 Å². The predicted octanol–water partition coefficient (Wildman–Crippen LogP) is 1.41. The predicted molar refractivity (Wildman–Crippen MR) is 104 cm³/mol. The van der Waals surface area contributed by atoms with Crippen molar-refractivity contribution >= 4 is 28.3 Å². The van der Waals surface area contributed by atoms with Crippen LogP contribution in [0.1, 0.15) is 31.4 Å². The Balaban J connectivity index is 0.00000243. The number of rotatable bonds is 3. The highest BCUT2D eigenvalue weighted by atomic mass is 35.5. The Hall–Kier alpha value is -1.15. The lowest BCUT2D eigenvalue weighted by molar-refractivity contribution is -0.128. The first kappa shape index (κ1) is 21.2. The smallest absolute Gasteiger partial charge is 0.243 e. The van der Waals surface area contributed by atoms with E-state index in [1.54, 1.807) is 23.4 Å². The Bertz CT molecular complexity index is 767. The molecule has 0 radical (unpaired) electrons. The molecule has 146 valence electrons. The van der Waals surface area contributed by atoms with Gasteiger partial charge in [-0.2, -0.15) is 4.31 Å². The first-order chi connectivity index (χ1) is 11.8. The van der Waals surface area contributed by atoms with E-state index >= 15 is 0 Å². The second kappa shape index (κ2) is 8.25. The Labute approximate surface area is 162 Å². The summed E-state index contributed by atoms with van der Waals surface area (Å²) in [4.78, 5) is 13.8. The number of amides is 1. The van der Waals surface area contributed by atoms with Crippen LogP contribution in [0.5, 0.6) is 0 Å². The molecule has 1 saturated heterocycles. The van der Waals surface area contributed by atoms with E-state index in [0.29, 0.717) is 37.5 Å². The number of halogens is 1. The van der Waals surface area contributed by atoms with Gasteiger partial charge >= 0.3 is 0 Å². The van der Waals surface area contributed by atoms with E-state index in [1.165, 1.54) is 0 Å². The average molecular weight is 402 g/mol. The fraction of sp³-hybridized carbons (Fsp3) is 0.611. The van der Waals surface area contributed by atoms with Crippen LogP contribution in [0.2, 0.25) is 0 Å². The number of nitrogens with two attached hydrogens (primary N) is 1. The molecule has 6 nitrogen and oxygen atoms in total. The minimum atomic E-state index is -3.48. The Morgan fingerprint density at radius 1 is 1.19 bits per heavy atom. The molecule has 1 fully saturated rings. The zero-order valence-electron chi connectivity index (χ0n) is 15.3. The minimum Gasteiger partial charge on any atom is -0.342 e. The summed E-state index contributed by atoms with van der Waals surface area (Å²) < 4.78 is 27.5. The third-order valence-corrected chi connectivity index (χ3v) is 7.36. The molecule has 26 heavy (non-hydrogen) atoms. The van der Waals surface area contributed by atoms with Crippen molar-refractivity contribution in [3.8, 4) is 0 Å². The molecular weight excluding hydrogens is 374 g/mol. The Morgan fingerprint density at radius 2 is 1.85 bits per heavy atom. The number of fused-ring (bicyclic) bond motifs is 1. The lowest BCUT2D eigenvalue weighted by atomic mass is 10.0. The van der Waals surface area contributed by atoms with Crippen LogP contribution in [0.3, 0.4) is 0 Å². The van der Waals surface area contributed by atoms with Gasteiger partial charge in [-0.1, -0.05) is 6.07 Å². The van der Waals surface area contributed by atoms with E-state index in [1.807, 2.05) is 17.9 Å². The summed E-state index contributed by atoms with van der Waals surface area (Å²) in [6, 6.07) is 5.42. The van der Waals surface area contributed by atoms with Gasteiger partial charge in [0.05, 0.1) is 4.90 Å². The quantitative estimate of drug-likeness (QED) is 0.830. The van der Waals surface area contributed by atoms with E-state index in [4.69, 9.17) is 5.73 Å². The highest BCUT2D eigenvalue weighted by molar-refractivity contribution is 7.89. The van der Waals surface area contributed by atoms with Crippen molar-refractivity contribution in [2.45, 2.75) is 44.0 Å². The highest BCUT2D eigenvalue weighted by Gasteiger charge is 2.34. The summed E-state index contributed by atoms with van der Waals surface area (Å²) >= 11 is 0. The van der Waals surface area contributed by atoms with Crippen molar-refractivity contribution in [1.82, 2.24) is 9.21 Å². The zero-order valence-corrected chi connectivity index (χ0v) is 17.0. The van der Waals surface area contributed by atoms with Gasteiger partial charge in [-0.3, -0.25) is 4.79 Å². The molecule has 3 rings (SSSR count). The Kier molecular flexibility index (Phi) is 6.71. The topological polar surface area (TPSA) is 83.7 Å². The SMILES string of the molecule is CC(=O)N1CCc2ccc(S(=O)(=O)N3CCC(C(C)N)C3)cc2CC1.Cl. The normalized spacial score (nSPS) is 22.3. The van der Waals surface area contributed by atoms with Crippen molar-refractivity contribution < 1.29 is 13.2 Å². The molecule has 2 unspecified atom stereocenters. The summed E-state index contributed by atoms with van der Waals surface area (Å²) in [5.41, 5.74) is 8.11. The molecule has 0 bridgehead atoms. The summed E-state index contributed by atoms with van der Waals surface area (Å²) in [7, 11) is -3.48. The third kappa shape index (κ3) is 4.22. The molecule has 2 aliphatic rings. The lowest BCUT2D eigenvalue weighted by Crippen LogP contribution is -2.33. The monoisotopic (exact) mass is 401 g/mol. The standard InChI is InChI=1S/C18H27N3O3S.ClH/c1-13(19)17-7-10-21(12-17)25(23,24)18-4-3-15-5-8-20(14(2)22)9-6-16(15)11-18;/h3-4,11,13,17H,5-10,12,19H2,1-2H3;1H. The first-order valence-electron chi connectivity index (χ1n) is 8.92. The molecule has 0 aromatic heterocycles. The fourth-order valence-corrected chi connectivity index (χ4v) is 5.29. The number of hydrogen-bond donors (Lipinski definition) is 1. The van der Waals surface area contributed by atoms with Crippen LogP contribution >= 0.6 is 12.4 Å². The van der Waals surface area contributed by atoms with Crippen LogP contribution in [0, 0.1) is 5.92 Å². The van der Waals surface area contributed by atoms with E-state index in [-0.39, 0.29) is 30.3 Å². The molecule has 1 aromatic carbocycles. The first-order valence-corrected chi connectivity index (χ1v) is 10.4. The molecular formula is C18H28ClN3O3S. The van der Waals surface area contributed by atoms with Gasteiger partial charge in [0.25, 0.3) is 0 Å². The zero-order chi connectivity index (χ0) is 18.2. The van der Waals surface area contributed by atoms with E-state index < -0.39 is 10.0 Å². The summed E-state index contributed by atoms with van der Waals surface area (Å²) in [5.74, 6) is 0.291. The van der Waals surface area contributed by atoms with Gasteiger partial charge in [-0.15, -0.1) is 12.4 Å². The van der Waals surface area contributed by atoms with Crippen LogP contribution in [-0.4, -0.2) is 55.8 Å². The van der Waals surface area contributed by atoms with Crippen LogP contribution < -0.4 is 5.73 Å². The van der Waals surface area contributed by atoms with Gasteiger partial charge < -0.3 is 10.6 Å². The highest BCUT2D eigenvalue weighted by Crippen LogP contribution is 2.28. The number of carbonyl (C=O) groups excluding carboxylic acids is 1. The second-order valence-corrected chi connectivity index (χ2v) is 9.15. The lowest BCUT2D eigenvalue weighted by Gasteiger charge is -2.19. The maximum absolute atomic E-state index is 13.0. The number of benzene rings is 1. The van der Waals surface area contributed by atoms with Crippen molar-refractivity contribution in [3.05, 3.63) is 29.3 Å². The van der Waals surface area contributed by atoms with Crippen molar-refractivity contribution in [3.63, 3.8) is 0 Å². The van der Waals surface area contributed by atoms with E-state index in [0.717, 1.165) is 24.0 Å². The molecule has 1 aromatic rings. The average Bonchev–Trinajstić information content (AvgIpc) is 2.97. The molecule has 2 N–H and O–H groups in total. The molecule has 8 heteroatoms. The summed E-state index contributed by atoms with van der Waals surface area (Å²) in [6.07, 6.45) is 2.28. The maximum atomic E-state index is 13.0. The van der Waals surface area contributed by atoms with Crippen LogP contribution in [0.4, 0.5) is 0 Å². The van der Waals surface area contributed by atoms with Crippen molar-refractivity contribution in [1.29, 1.82) is 0 Å². The largest absolute Gasteiger partial charge is 0.342 e. The van der Waals surface area contributed by atoms with Gasteiger partial charge in [0, 0.05) is 39.1 Å². The van der Waals surface area contributed by atoms with Gasteiger partial charge in [0.1, 0.15) is 0 Å². The molecule has 1 amide bonds. The second-order valence-electron chi connectivity index (χ2n) is 7.21. The van der Waals surface area contributed by atoms with E-state index in [2.05, 4.69) is 0 Å². The molecule has 2 heterocycles. The van der Waals surface area contributed by atoms with Crippen molar-refractivity contribution in [2.75, 3.05) is 26.2 Å². The maximum Gasteiger partial charge on any atom is 0.243 e. The summed E-state index contributed by atoms with van der Waals surface area (Å²) in [5, 5.41) is 0. The van der Waals surface area contributed by atoms with Gasteiger partial charge in [0.15, 0.2) is 0 Å². The molecule has 0 aliphatic carbocycles. The molecule has 0 spiro atoms. The fourth-order valence-electron chi connectivity index (χ4n) is 3.73. The van der Waals surface area contributed by atoms with Crippen molar-refractivity contribution in [2.24, 2.45) is 11.7 Å². The van der Waals surface area contributed by atoms with Gasteiger partial charge in [-0.05, 0) is 55.4 Å². The van der Waals surface area contributed by atoms with Crippen LogP contribution in [-0.2, 0) is 27.7 Å². The van der Waals surface area contributed by atoms with Crippen LogP contribution in [0.15, 0.2) is 23.1 Å². The number of carbonyl (C=O) groups is 1. The Morgan fingerprint density at radius 3 is 2.42 bits per heavy atom.